The quantitative estimate of drug-likeness (QED) is 0.808. The first kappa shape index (κ1) is 16.7. The van der Waals surface area contributed by atoms with Crippen LogP contribution in [0.4, 0.5) is 18.3 Å². The zero-order chi connectivity index (χ0) is 15.4. The van der Waals surface area contributed by atoms with E-state index in [0.717, 1.165) is 0 Å². The van der Waals surface area contributed by atoms with Crippen LogP contribution in [0, 0.1) is 5.41 Å². The summed E-state index contributed by atoms with van der Waals surface area (Å²) in [6.07, 6.45) is -3.27. The lowest BCUT2D eigenvalue weighted by molar-refractivity contribution is -0.138. The van der Waals surface area contributed by atoms with E-state index in [-0.39, 0.29) is 17.0 Å². The number of carboxylic acid groups (broad SMARTS) is 1. The van der Waals surface area contributed by atoms with Gasteiger partial charge in [-0.2, -0.15) is 13.2 Å². The molecule has 0 unspecified atom stereocenters. The van der Waals surface area contributed by atoms with E-state index in [1.807, 2.05) is 13.8 Å². The molecule has 0 aromatic carbocycles. The smallest absolute Gasteiger partial charge is 0.445 e. The van der Waals surface area contributed by atoms with Crippen molar-refractivity contribution in [3.05, 3.63) is 5.01 Å². The molecule has 0 aliphatic rings. The maximum Gasteiger partial charge on any atom is 0.445 e. The summed E-state index contributed by atoms with van der Waals surface area (Å²) in [6.45, 7) is 4.25. The van der Waals surface area contributed by atoms with Crippen molar-refractivity contribution < 1.29 is 23.1 Å². The fourth-order valence-corrected chi connectivity index (χ4v) is 2.12. The van der Waals surface area contributed by atoms with Gasteiger partial charge in [-0.05, 0) is 18.3 Å². The van der Waals surface area contributed by atoms with Crippen LogP contribution in [-0.2, 0) is 11.0 Å². The van der Waals surface area contributed by atoms with E-state index >= 15 is 0 Å². The van der Waals surface area contributed by atoms with E-state index in [4.69, 9.17) is 5.11 Å². The minimum Gasteiger partial charge on any atom is -0.481 e. The number of nitrogens with one attached hydrogen (secondary N) is 1. The van der Waals surface area contributed by atoms with Crippen LogP contribution in [0.1, 0.15) is 38.1 Å². The van der Waals surface area contributed by atoms with Crippen molar-refractivity contribution in [2.45, 2.75) is 39.3 Å². The van der Waals surface area contributed by atoms with Crippen LogP contribution in [0.2, 0.25) is 0 Å². The Morgan fingerprint density at radius 1 is 1.30 bits per heavy atom. The van der Waals surface area contributed by atoms with Crippen LogP contribution in [0.15, 0.2) is 0 Å². The first-order chi connectivity index (χ1) is 9.10. The van der Waals surface area contributed by atoms with Crippen LogP contribution in [0.25, 0.3) is 0 Å². The first-order valence-electron chi connectivity index (χ1n) is 5.96. The molecule has 0 radical (unpaired) electrons. The van der Waals surface area contributed by atoms with E-state index in [0.29, 0.717) is 30.7 Å². The summed E-state index contributed by atoms with van der Waals surface area (Å²) >= 11 is 0.456. The van der Waals surface area contributed by atoms with Crippen molar-refractivity contribution in [2.24, 2.45) is 5.41 Å². The summed E-state index contributed by atoms with van der Waals surface area (Å²) in [6, 6.07) is 0. The largest absolute Gasteiger partial charge is 0.481 e. The number of carbonyl (C=O) groups is 1. The second-order valence-electron chi connectivity index (χ2n) is 5.14. The van der Waals surface area contributed by atoms with Crippen molar-refractivity contribution in [1.29, 1.82) is 0 Å². The Hall–Kier alpha value is -1.38. The summed E-state index contributed by atoms with van der Waals surface area (Å²) < 4.78 is 36.9. The molecule has 1 rings (SSSR count). The van der Waals surface area contributed by atoms with E-state index < -0.39 is 17.2 Å². The average Bonchev–Trinajstić information content (AvgIpc) is 2.75. The molecule has 0 aliphatic heterocycles. The molecule has 20 heavy (non-hydrogen) atoms. The Kier molecular flexibility index (Phi) is 5.32. The molecule has 0 saturated carbocycles. The maximum atomic E-state index is 12.3. The minimum atomic E-state index is -4.47. The van der Waals surface area contributed by atoms with Gasteiger partial charge >= 0.3 is 12.1 Å². The van der Waals surface area contributed by atoms with Crippen molar-refractivity contribution in [1.82, 2.24) is 10.2 Å². The average molecular weight is 311 g/mol. The summed E-state index contributed by atoms with van der Waals surface area (Å²) in [5.74, 6) is -0.857. The second kappa shape index (κ2) is 6.38. The number of alkyl halides is 3. The van der Waals surface area contributed by atoms with E-state index in [1.165, 1.54) is 0 Å². The lowest BCUT2D eigenvalue weighted by Crippen LogP contribution is -2.18. The predicted octanol–water partition coefficient (Wildman–Crippen LogP) is 3.25. The van der Waals surface area contributed by atoms with Crippen LogP contribution in [0.3, 0.4) is 0 Å². The summed E-state index contributed by atoms with van der Waals surface area (Å²) in [4.78, 5) is 10.5. The molecule has 1 aromatic rings. The van der Waals surface area contributed by atoms with Crippen molar-refractivity contribution in [3.63, 3.8) is 0 Å². The number of nitrogens with zero attached hydrogens (tertiary/aromatic N) is 2. The standard InChI is InChI=1S/C11H16F3N3O2S/c1-10(2,4-3-7(18)19)5-6-15-9-17-16-8(20-9)11(12,13)14/h3-6H2,1-2H3,(H,15,17)(H,18,19). The van der Waals surface area contributed by atoms with Gasteiger partial charge in [0.25, 0.3) is 0 Å². The highest BCUT2D eigenvalue weighted by atomic mass is 32.1. The topological polar surface area (TPSA) is 75.1 Å². The Morgan fingerprint density at radius 2 is 1.95 bits per heavy atom. The molecule has 0 fully saturated rings. The van der Waals surface area contributed by atoms with Crippen LogP contribution in [-0.4, -0.2) is 27.8 Å². The molecule has 0 amide bonds. The molecule has 9 heteroatoms. The van der Waals surface area contributed by atoms with Crippen LogP contribution < -0.4 is 5.32 Å². The van der Waals surface area contributed by atoms with Gasteiger partial charge in [0, 0.05) is 13.0 Å². The van der Waals surface area contributed by atoms with Gasteiger partial charge in [0.1, 0.15) is 0 Å². The molecule has 1 heterocycles. The van der Waals surface area contributed by atoms with Crippen LogP contribution >= 0.6 is 11.3 Å². The molecule has 5 nitrogen and oxygen atoms in total. The van der Waals surface area contributed by atoms with E-state index in [2.05, 4.69) is 15.5 Å². The molecular formula is C11H16F3N3O2S. The molecule has 0 spiro atoms. The highest BCUT2D eigenvalue weighted by molar-refractivity contribution is 7.15. The summed E-state index contributed by atoms with van der Waals surface area (Å²) in [5, 5.41) is 17.0. The molecule has 0 atom stereocenters. The molecule has 0 bridgehead atoms. The fraction of sp³-hybridized carbons (Fsp3) is 0.727. The van der Waals surface area contributed by atoms with Gasteiger partial charge in [-0.15, -0.1) is 10.2 Å². The highest BCUT2D eigenvalue weighted by Gasteiger charge is 2.35. The van der Waals surface area contributed by atoms with Crippen molar-refractivity contribution >= 4 is 22.4 Å². The third-order valence-corrected chi connectivity index (χ3v) is 3.69. The maximum absolute atomic E-state index is 12.3. The van der Waals surface area contributed by atoms with Crippen molar-refractivity contribution in [2.75, 3.05) is 11.9 Å². The SMILES string of the molecule is CC(C)(CCNc1nnc(C(F)(F)F)s1)CCC(=O)O. The van der Waals surface area contributed by atoms with Gasteiger partial charge in [0.15, 0.2) is 0 Å². The third-order valence-electron chi connectivity index (χ3n) is 2.76. The Bertz CT molecular complexity index is 460. The zero-order valence-corrected chi connectivity index (χ0v) is 11.9. The number of hydrogen-bond donors (Lipinski definition) is 2. The highest BCUT2D eigenvalue weighted by Crippen LogP contribution is 2.33. The minimum absolute atomic E-state index is 0.0734. The fourth-order valence-electron chi connectivity index (χ4n) is 1.49. The van der Waals surface area contributed by atoms with Crippen molar-refractivity contribution in [3.8, 4) is 0 Å². The summed E-state index contributed by atoms with van der Waals surface area (Å²) in [5.41, 5.74) is -0.205. The number of hydrogen-bond acceptors (Lipinski definition) is 5. The van der Waals surface area contributed by atoms with Gasteiger partial charge in [0.05, 0.1) is 0 Å². The number of aliphatic carboxylic acids is 1. The molecule has 1 aromatic heterocycles. The van der Waals surface area contributed by atoms with Gasteiger partial charge in [-0.1, -0.05) is 25.2 Å². The van der Waals surface area contributed by atoms with Gasteiger partial charge in [0.2, 0.25) is 10.1 Å². The number of aromatic nitrogens is 2. The first-order valence-corrected chi connectivity index (χ1v) is 6.78. The van der Waals surface area contributed by atoms with Gasteiger partial charge in [-0.25, -0.2) is 0 Å². The molecular weight excluding hydrogens is 295 g/mol. The van der Waals surface area contributed by atoms with Gasteiger partial charge in [-0.3, -0.25) is 4.79 Å². The monoisotopic (exact) mass is 311 g/mol. The number of anilines is 1. The predicted molar refractivity (Wildman–Crippen MR) is 68.7 cm³/mol. The zero-order valence-electron chi connectivity index (χ0n) is 11.1. The number of rotatable bonds is 7. The van der Waals surface area contributed by atoms with Gasteiger partial charge < -0.3 is 10.4 Å². The lowest BCUT2D eigenvalue weighted by atomic mass is 9.84. The number of carboxylic acids is 1. The normalized spacial score (nSPS) is 12.4. The summed E-state index contributed by atoms with van der Waals surface area (Å²) in [7, 11) is 0. The Balaban J connectivity index is 2.40. The molecule has 0 aliphatic carbocycles. The third kappa shape index (κ3) is 5.72. The molecule has 0 saturated heterocycles. The Morgan fingerprint density at radius 3 is 2.45 bits per heavy atom. The number of halogens is 3. The second-order valence-corrected chi connectivity index (χ2v) is 6.12. The van der Waals surface area contributed by atoms with E-state index in [9.17, 15) is 18.0 Å². The molecule has 114 valence electrons. The molecule has 2 N–H and O–H groups in total. The lowest BCUT2D eigenvalue weighted by Gasteiger charge is -2.23. The Labute approximate surface area is 118 Å². The van der Waals surface area contributed by atoms with E-state index in [1.54, 1.807) is 0 Å². The van der Waals surface area contributed by atoms with Crippen LogP contribution in [0.5, 0.6) is 0 Å².